The summed E-state index contributed by atoms with van der Waals surface area (Å²) in [6, 6.07) is 12.9. The lowest BCUT2D eigenvalue weighted by atomic mass is 9.91. The fourth-order valence-corrected chi connectivity index (χ4v) is 2.59. The predicted octanol–water partition coefficient (Wildman–Crippen LogP) is 4.15. The fourth-order valence-electron chi connectivity index (χ4n) is 2.40. The van der Waals surface area contributed by atoms with Crippen molar-refractivity contribution in [2.24, 2.45) is 11.7 Å². The van der Waals surface area contributed by atoms with Crippen LogP contribution < -0.4 is 5.73 Å². The molecule has 2 aromatic rings. The van der Waals surface area contributed by atoms with Gasteiger partial charge in [0, 0.05) is 5.02 Å². The van der Waals surface area contributed by atoms with Crippen LogP contribution in [0.1, 0.15) is 16.7 Å². The second-order valence-corrected chi connectivity index (χ2v) is 5.61. The first-order valence-corrected chi connectivity index (χ1v) is 7.16. The van der Waals surface area contributed by atoms with Gasteiger partial charge in [0.1, 0.15) is 5.82 Å². The van der Waals surface area contributed by atoms with Gasteiger partial charge in [-0.15, -0.1) is 0 Å². The van der Waals surface area contributed by atoms with Crippen LogP contribution in [-0.2, 0) is 12.8 Å². The SMILES string of the molecule is Cc1ccccc1CC(CN)Cc1cc(Cl)ccc1F. The minimum atomic E-state index is -0.211. The lowest BCUT2D eigenvalue weighted by Gasteiger charge is -2.17. The summed E-state index contributed by atoms with van der Waals surface area (Å²) in [7, 11) is 0. The summed E-state index contributed by atoms with van der Waals surface area (Å²) < 4.78 is 13.8. The molecule has 0 fully saturated rings. The van der Waals surface area contributed by atoms with E-state index in [2.05, 4.69) is 19.1 Å². The molecular formula is C17H19ClFN. The Labute approximate surface area is 124 Å². The molecule has 0 amide bonds. The van der Waals surface area contributed by atoms with Crippen molar-refractivity contribution < 1.29 is 4.39 Å². The molecule has 0 heterocycles. The smallest absolute Gasteiger partial charge is 0.126 e. The molecule has 0 spiro atoms. The molecule has 0 bridgehead atoms. The Morgan fingerprint density at radius 1 is 1.10 bits per heavy atom. The Morgan fingerprint density at radius 3 is 2.50 bits per heavy atom. The third-order valence-electron chi connectivity index (χ3n) is 3.62. The molecule has 0 saturated carbocycles. The van der Waals surface area contributed by atoms with Gasteiger partial charge in [-0.1, -0.05) is 35.9 Å². The number of nitrogens with two attached hydrogens (primary N) is 1. The first kappa shape index (κ1) is 15.0. The van der Waals surface area contributed by atoms with Crippen molar-refractivity contribution in [1.29, 1.82) is 0 Å². The molecule has 3 heteroatoms. The maximum absolute atomic E-state index is 13.8. The van der Waals surface area contributed by atoms with Crippen molar-refractivity contribution in [1.82, 2.24) is 0 Å². The van der Waals surface area contributed by atoms with E-state index in [1.54, 1.807) is 12.1 Å². The average molecular weight is 292 g/mol. The van der Waals surface area contributed by atoms with Crippen LogP contribution in [0.15, 0.2) is 42.5 Å². The van der Waals surface area contributed by atoms with Gasteiger partial charge in [-0.25, -0.2) is 4.39 Å². The predicted molar refractivity (Wildman–Crippen MR) is 82.5 cm³/mol. The largest absolute Gasteiger partial charge is 0.330 e. The molecule has 20 heavy (non-hydrogen) atoms. The van der Waals surface area contributed by atoms with Crippen LogP contribution >= 0.6 is 11.6 Å². The molecule has 0 saturated heterocycles. The topological polar surface area (TPSA) is 26.0 Å². The highest BCUT2D eigenvalue weighted by atomic mass is 35.5. The molecule has 0 aliphatic heterocycles. The molecule has 2 N–H and O–H groups in total. The minimum Gasteiger partial charge on any atom is -0.330 e. The Hall–Kier alpha value is -1.38. The van der Waals surface area contributed by atoms with Crippen molar-refractivity contribution in [3.05, 3.63) is 70.0 Å². The number of benzene rings is 2. The fraction of sp³-hybridized carbons (Fsp3) is 0.294. The number of hydrogen-bond acceptors (Lipinski definition) is 1. The van der Waals surface area contributed by atoms with Crippen molar-refractivity contribution in [2.45, 2.75) is 19.8 Å². The Morgan fingerprint density at radius 2 is 1.80 bits per heavy atom. The van der Waals surface area contributed by atoms with Gasteiger partial charge in [0.2, 0.25) is 0 Å². The van der Waals surface area contributed by atoms with E-state index < -0.39 is 0 Å². The van der Waals surface area contributed by atoms with Crippen molar-refractivity contribution in [2.75, 3.05) is 6.54 Å². The van der Waals surface area contributed by atoms with Gasteiger partial charge < -0.3 is 5.73 Å². The van der Waals surface area contributed by atoms with Gasteiger partial charge in [-0.2, -0.15) is 0 Å². The Bertz CT molecular complexity index is 583. The van der Waals surface area contributed by atoms with E-state index in [1.807, 2.05) is 12.1 Å². The van der Waals surface area contributed by atoms with Gasteiger partial charge in [0.25, 0.3) is 0 Å². The molecule has 0 radical (unpaired) electrons. The van der Waals surface area contributed by atoms with E-state index in [4.69, 9.17) is 17.3 Å². The molecule has 106 valence electrons. The minimum absolute atomic E-state index is 0.211. The third-order valence-corrected chi connectivity index (χ3v) is 3.85. The highest BCUT2D eigenvalue weighted by Gasteiger charge is 2.13. The summed E-state index contributed by atoms with van der Waals surface area (Å²) in [5.74, 6) is 0.00157. The molecule has 2 rings (SSSR count). The molecule has 2 aromatic carbocycles. The summed E-state index contributed by atoms with van der Waals surface area (Å²) in [4.78, 5) is 0. The van der Waals surface area contributed by atoms with E-state index in [9.17, 15) is 4.39 Å². The van der Waals surface area contributed by atoms with Crippen LogP contribution in [0.2, 0.25) is 5.02 Å². The zero-order valence-corrected chi connectivity index (χ0v) is 12.3. The van der Waals surface area contributed by atoms with Gasteiger partial charge in [0.15, 0.2) is 0 Å². The first-order valence-electron chi connectivity index (χ1n) is 6.78. The van der Waals surface area contributed by atoms with Crippen LogP contribution in [-0.4, -0.2) is 6.54 Å². The van der Waals surface area contributed by atoms with Crippen molar-refractivity contribution in [3.8, 4) is 0 Å². The van der Waals surface area contributed by atoms with E-state index in [0.29, 0.717) is 23.6 Å². The molecule has 1 nitrogen and oxygen atoms in total. The van der Waals surface area contributed by atoms with E-state index in [-0.39, 0.29) is 11.7 Å². The van der Waals surface area contributed by atoms with Crippen LogP contribution in [0.3, 0.4) is 0 Å². The lowest BCUT2D eigenvalue weighted by molar-refractivity contribution is 0.511. The number of rotatable bonds is 5. The highest BCUT2D eigenvalue weighted by molar-refractivity contribution is 6.30. The second kappa shape index (κ2) is 6.87. The van der Waals surface area contributed by atoms with Crippen molar-refractivity contribution in [3.63, 3.8) is 0 Å². The summed E-state index contributed by atoms with van der Waals surface area (Å²) >= 11 is 5.93. The number of halogens is 2. The van der Waals surface area contributed by atoms with Crippen molar-refractivity contribution >= 4 is 11.6 Å². The zero-order valence-electron chi connectivity index (χ0n) is 11.6. The highest BCUT2D eigenvalue weighted by Crippen LogP contribution is 2.21. The summed E-state index contributed by atoms with van der Waals surface area (Å²) in [6.07, 6.45) is 1.46. The maximum atomic E-state index is 13.8. The maximum Gasteiger partial charge on any atom is 0.126 e. The third kappa shape index (κ3) is 3.81. The quantitative estimate of drug-likeness (QED) is 0.880. The van der Waals surface area contributed by atoms with Crippen LogP contribution in [0.5, 0.6) is 0 Å². The monoisotopic (exact) mass is 291 g/mol. The summed E-state index contributed by atoms with van der Waals surface area (Å²) in [6.45, 7) is 2.61. The van der Waals surface area contributed by atoms with Gasteiger partial charge in [-0.3, -0.25) is 0 Å². The molecular weight excluding hydrogens is 273 g/mol. The second-order valence-electron chi connectivity index (χ2n) is 5.17. The molecule has 0 aromatic heterocycles. The molecule has 1 atom stereocenters. The van der Waals surface area contributed by atoms with E-state index in [1.165, 1.54) is 17.2 Å². The summed E-state index contributed by atoms with van der Waals surface area (Å²) in [5.41, 5.74) is 9.01. The molecule has 0 aliphatic carbocycles. The van der Waals surface area contributed by atoms with Crippen LogP contribution in [0.25, 0.3) is 0 Å². The van der Waals surface area contributed by atoms with Crippen LogP contribution in [0, 0.1) is 18.7 Å². The van der Waals surface area contributed by atoms with Crippen LogP contribution in [0.4, 0.5) is 4.39 Å². The van der Waals surface area contributed by atoms with E-state index >= 15 is 0 Å². The number of hydrogen-bond donors (Lipinski definition) is 1. The standard InChI is InChI=1S/C17H19ClFN/c1-12-4-2-3-5-14(12)8-13(11-20)9-15-10-16(18)6-7-17(15)19/h2-7,10,13H,8-9,11,20H2,1H3. The van der Waals surface area contributed by atoms with E-state index in [0.717, 1.165) is 6.42 Å². The molecule has 1 unspecified atom stereocenters. The average Bonchev–Trinajstić information content (AvgIpc) is 2.44. The molecule has 0 aliphatic rings. The normalized spacial score (nSPS) is 12.4. The Balaban J connectivity index is 2.13. The number of aryl methyl sites for hydroxylation is 1. The van der Waals surface area contributed by atoms with Gasteiger partial charge in [0.05, 0.1) is 0 Å². The Kier molecular flexibility index (Phi) is 5.16. The zero-order chi connectivity index (χ0) is 14.5. The first-order chi connectivity index (χ1) is 9.60. The summed E-state index contributed by atoms with van der Waals surface area (Å²) in [5, 5.41) is 0.563. The lowest BCUT2D eigenvalue weighted by Crippen LogP contribution is -2.20. The van der Waals surface area contributed by atoms with Gasteiger partial charge in [-0.05, 0) is 67.1 Å². The van der Waals surface area contributed by atoms with Gasteiger partial charge >= 0.3 is 0 Å².